The van der Waals surface area contributed by atoms with Crippen molar-refractivity contribution in [3.8, 4) is 0 Å². The Kier molecular flexibility index (Phi) is 4.32. The molecule has 1 atom stereocenters. The van der Waals surface area contributed by atoms with Crippen molar-refractivity contribution < 1.29 is 0 Å². The molecule has 1 heterocycles. The van der Waals surface area contributed by atoms with Gasteiger partial charge in [0.2, 0.25) is 0 Å². The number of rotatable bonds is 3. The standard InChI is InChI=1S/C14H23N3S/c1-9-7-8-11(12(15)18)13(16-9)17(6)10(2)14(3,4)5/h7-8,10H,1-6H3,(H2,15,18). The van der Waals surface area contributed by atoms with E-state index >= 15 is 0 Å². The third-order valence-electron chi connectivity index (χ3n) is 3.45. The van der Waals surface area contributed by atoms with Crippen molar-refractivity contribution in [3.63, 3.8) is 0 Å². The predicted octanol–water partition coefficient (Wildman–Crippen LogP) is 2.90. The second kappa shape index (κ2) is 5.22. The highest BCUT2D eigenvalue weighted by Gasteiger charge is 2.26. The molecule has 3 nitrogen and oxygen atoms in total. The minimum absolute atomic E-state index is 0.160. The van der Waals surface area contributed by atoms with Crippen LogP contribution in [0.5, 0.6) is 0 Å². The van der Waals surface area contributed by atoms with Gasteiger partial charge in [-0.3, -0.25) is 0 Å². The lowest BCUT2D eigenvalue weighted by Gasteiger charge is -2.37. The molecule has 0 fully saturated rings. The summed E-state index contributed by atoms with van der Waals surface area (Å²) in [6, 6.07) is 4.22. The van der Waals surface area contributed by atoms with Crippen LogP contribution in [-0.4, -0.2) is 23.1 Å². The zero-order chi connectivity index (χ0) is 14.1. The van der Waals surface area contributed by atoms with Crippen molar-refractivity contribution in [1.82, 2.24) is 4.98 Å². The Morgan fingerprint density at radius 1 is 1.39 bits per heavy atom. The molecule has 0 saturated heterocycles. The van der Waals surface area contributed by atoms with Crippen molar-refractivity contribution in [3.05, 3.63) is 23.4 Å². The first-order chi connectivity index (χ1) is 8.14. The number of hydrogen-bond donors (Lipinski definition) is 1. The topological polar surface area (TPSA) is 42.1 Å². The molecule has 0 aliphatic heterocycles. The average Bonchev–Trinajstić information content (AvgIpc) is 2.25. The van der Waals surface area contributed by atoms with Crippen LogP contribution in [0.2, 0.25) is 0 Å². The maximum absolute atomic E-state index is 5.78. The van der Waals surface area contributed by atoms with E-state index in [0.717, 1.165) is 17.1 Å². The molecule has 0 spiro atoms. The van der Waals surface area contributed by atoms with Crippen molar-refractivity contribution in [2.45, 2.75) is 40.7 Å². The van der Waals surface area contributed by atoms with Gasteiger partial charge in [0.1, 0.15) is 10.8 Å². The molecule has 0 radical (unpaired) electrons. The van der Waals surface area contributed by atoms with E-state index in [0.29, 0.717) is 11.0 Å². The highest BCUT2D eigenvalue weighted by atomic mass is 32.1. The average molecular weight is 265 g/mol. The van der Waals surface area contributed by atoms with Gasteiger partial charge in [-0.2, -0.15) is 0 Å². The maximum atomic E-state index is 5.78. The summed E-state index contributed by atoms with van der Waals surface area (Å²) in [5.41, 5.74) is 7.75. The summed E-state index contributed by atoms with van der Waals surface area (Å²) in [5, 5.41) is 0. The van der Waals surface area contributed by atoms with E-state index in [1.54, 1.807) is 0 Å². The van der Waals surface area contributed by atoms with Gasteiger partial charge in [-0.15, -0.1) is 0 Å². The van der Waals surface area contributed by atoms with E-state index in [1.165, 1.54) is 0 Å². The van der Waals surface area contributed by atoms with Crippen LogP contribution in [0.3, 0.4) is 0 Å². The number of hydrogen-bond acceptors (Lipinski definition) is 3. The van der Waals surface area contributed by atoms with E-state index in [9.17, 15) is 0 Å². The summed E-state index contributed by atoms with van der Waals surface area (Å²) in [6.45, 7) is 10.8. The van der Waals surface area contributed by atoms with Crippen LogP contribution in [0.1, 0.15) is 39.0 Å². The molecule has 0 bridgehead atoms. The number of nitrogens with zero attached hydrogens (tertiary/aromatic N) is 2. The predicted molar refractivity (Wildman–Crippen MR) is 82.2 cm³/mol. The Morgan fingerprint density at radius 2 is 1.94 bits per heavy atom. The molecule has 0 saturated carbocycles. The number of pyridine rings is 1. The Hall–Kier alpha value is -1.16. The van der Waals surface area contributed by atoms with Gasteiger partial charge in [0, 0.05) is 18.8 Å². The van der Waals surface area contributed by atoms with E-state index in [1.807, 2.05) is 26.1 Å². The van der Waals surface area contributed by atoms with Crippen LogP contribution < -0.4 is 10.6 Å². The Bertz CT molecular complexity index is 449. The second-order valence-electron chi connectivity index (χ2n) is 5.84. The molecule has 0 aromatic carbocycles. The number of thiocarbonyl (C=S) groups is 1. The Morgan fingerprint density at radius 3 is 2.39 bits per heavy atom. The fourth-order valence-electron chi connectivity index (χ4n) is 1.77. The fourth-order valence-corrected chi connectivity index (χ4v) is 1.93. The van der Waals surface area contributed by atoms with Gasteiger partial charge < -0.3 is 10.6 Å². The van der Waals surface area contributed by atoms with Crippen LogP contribution in [0.4, 0.5) is 5.82 Å². The quantitative estimate of drug-likeness (QED) is 0.853. The van der Waals surface area contributed by atoms with Crippen molar-refractivity contribution >= 4 is 23.0 Å². The van der Waals surface area contributed by atoms with Crippen molar-refractivity contribution in [1.29, 1.82) is 0 Å². The highest BCUT2D eigenvalue weighted by molar-refractivity contribution is 7.80. The molecule has 18 heavy (non-hydrogen) atoms. The Labute approximate surface area is 115 Å². The van der Waals surface area contributed by atoms with Gasteiger partial charge in [-0.1, -0.05) is 33.0 Å². The Balaban J connectivity index is 3.23. The summed E-state index contributed by atoms with van der Waals surface area (Å²) in [6.07, 6.45) is 0. The van der Waals surface area contributed by atoms with E-state index < -0.39 is 0 Å². The lowest BCUT2D eigenvalue weighted by atomic mass is 9.87. The van der Waals surface area contributed by atoms with Crippen LogP contribution >= 0.6 is 12.2 Å². The third-order valence-corrected chi connectivity index (χ3v) is 3.67. The number of anilines is 1. The number of aryl methyl sites for hydroxylation is 1. The summed E-state index contributed by atoms with van der Waals surface area (Å²) < 4.78 is 0. The third kappa shape index (κ3) is 3.19. The van der Waals surface area contributed by atoms with Crippen LogP contribution in [0.25, 0.3) is 0 Å². The summed E-state index contributed by atoms with van der Waals surface area (Å²) >= 11 is 5.10. The van der Waals surface area contributed by atoms with E-state index in [4.69, 9.17) is 18.0 Å². The smallest absolute Gasteiger partial charge is 0.139 e. The molecule has 1 aromatic heterocycles. The highest BCUT2D eigenvalue weighted by Crippen LogP contribution is 2.28. The van der Waals surface area contributed by atoms with E-state index in [-0.39, 0.29) is 5.41 Å². The van der Waals surface area contributed by atoms with Crippen LogP contribution in [-0.2, 0) is 0 Å². The number of nitrogens with two attached hydrogens (primary N) is 1. The maximum Gasteiger partial charge on any atom is 0.139 e. The molecular formula is C14H23N3S. The minimum atomic E-state index is 0.160. The molecule has 0 aliphatic rings. The number of aromatic nitrogens is 1. The van der Waals surface area contributed by atoms with Crippen molar-refractivity contribution in [2.75, 3.05) is 11.9 Å². The molecule has 1 rings (SSSR count). The monoisotopic (exact) mass is 265 g/mol. The molecule has 1 aromatic rings. The molecule has 0 amide bonds. The lowest BCUT2D eigenvalue weighted by molar-refractivity contribution is 0.328. The SMILES string of the molecule is Cc1ccc(C(N)=S)c(N(C)C(C)C(C)(C)C)n1. The summed E-state index contributed by atoms with van der Waals surface area (Å²) in [4.78, 5) is 7.14. The summed E-state index contributed by atoms with van der Waals surface area (Å²) in [5.74, 6) is 0.866. The largest absolute Gasteiger partial charge is 0.389 e. The zero-order valence-electron chi connectivity index (χ0n) is 12.1. The van der Waals surface area contributed by atoms with Crippen molar-refractivity contribution in [2.24, 2.45) is 11.1 Å². The first-order valence-electron chi connectivity index (χ1n) is 6.15. The second-order valence-corrected chi connectivity index (χ2v) is 6.28. The molecular weight excluding hydrogens is 242 g/mol. The fraction of sp³-hybridized carbons (Fsp3) is 0.571. The van der Waals surface area contributed by atoms with Gasteiger partial charge in [-0.05, 0) is 31.4 Å². The summed E-state index contributed by atoms with van der Waals surface area (Å²) in [7, 11) is 2.04. The van der Waals surface area contributed by atoms with Crippen LogP contribution in [0.15, 0.2) is 12.1 Å². The minimum Gasteiger partial charge on any atom is -0.389 e. The molecule has 2 N–H and O–H groups in total. The first kappa shape index (κ1) is 14.9. The van der Waals surface area contributed by atoms with Gasteiger partial charge >= 0.3 is 0 Å². The molecule has 1 unspecified atom stereocenters. The first-order valence-corrected chi connectivity index (χ1v) is 6.55. The van der Waals surface area contributed by atoms with Gasteiger partial charge in [-0.25, -0.2) is 4.98 Å². The molecule has 0 aliphatic carbocycles. The lowest BCUT2D eigenvalue weighted by Crippen LogP contribution is -2.40. The van der Waals surface area contributed by atoms with E-state index in [2.05, 4.69) is 37.6 Å². The molecule has 100 valence electrons. The molecule has 4 heteroatoms. The van der Waals surface area contributed by atoms with Gasteiger partial charge in [0.15, 0.2) is 0 Å². The van der Waals surface area contributed by atoms with Crippen LogP contribution in [0, 0.1) is 12.3 Å². The normalized spacial score (nSPS) is 13.2. The van der Waals surface area contributed by atoms with Gasteiger partial charge in [0.25, 0.3) is 0 Å². The zero-order valence-corrected chi connectivity index (χ0v) is 12.9. The van der Waals surface area contributed by atoms with Gasteiger partial charge in [0.05, 0.1) is 5.56 Å².